The van der Waals surface area contributed by atoms with Crippen molar-refractivity contribution >= 4 is 28.5 Å². The Kier molecular flexibility index (Phi) is 3.87. The number of aromatic nitrogens is 5. The zero-order chi connectivity index (χ0) is 17.2. The van der Waals surface area contributed by atoms with Crippen LogP contribution in [0, 0.1) is 11.3 Å². The minimum absolute atomic E-state index is 0.200. The summed E-state index contributed by atoms with van der Waals surface area (Å²) in [5, 5.41) is 19.5. The van der Waals surface area contributed by atoms with E-state index in [1.54, 1.807) is 10.9 Å². The first-order chi connectivity index (χ1) is 12.2. The van der Waals surface area contributed by atoms with Crippen LogP contribution in [0.25, 0.3) is 11.0 Å². The molecule has 0 radical (unpaired) electrons. The third-order valence-corrected chi connectivity index (χ3v) is 3.80. The molecule has 9 nitrogen and oxygen atoms in total. The molecule has 0 saturated carbocycles. The smallest absolute Gasteiger partial charge is 0.229 e. The van der Waals surface area contributed by atoms with Crippen molar-refractivity contribution in [3.63, 3.8) is 0 Å². The van der Waals surface area contributed by atoms with Crippen LogP contribution >= 0.6 is 0 Å². The summed E-state index contributed by atoms with van der Waals surface area (Å²) in [7, 11) is 1.84. The molecule has 1 aliphatic rings. The maximum Gasteiger partial charge on any atom is 0.229 e. The van der Waals surface area contributed by atoms with Crippen LogP contribution in [0.3, 0.4) is 0 Å². The Morgan fingerprint density at radius 2 is 2.20 bits per heavy atom. The number of nitrogens with zero attached hydrogens (tertiary/aromatic N) is 6. The van der Waals surface area contributed by atoms with E-state index in [4.69, 9.17) is 10.00 Å². The van der Waals surface area contributed by atoms with Crippen LogP contribution in [0.2, 0.25) is 0 Å². The Morgan fingerprint density at radius 1 is 1.32 bits per heavy atom. The summed E-state index contributed by atoms with van der Waals surface area (Å²) < 4.78 is 6.91. The molecule has 3 aromatic rings. The van der Waals surface area contributed by atoms with Crippen molar-refractivity contribution in [2.45, 2.75) is 12.5 Å². The van der Waals surface area contributed by atoms with Crippen LogP contribution in [0.1, 0.15) is 5.69 Å². The van der Waals surface area contributed by atoms with Gasteiger partial charge in [-0.1, -0.05) is 0 Å². The third kappa shape index (κ3) is 3.20. The lowest BCUT2D eigenvalue weighted by Crippen LogP contribution is -2.40. The first-order valence-electron chi connectivity index (χ1n) is 7.86. The highest BCUT2D eigenvalue weighted by atomic mass is 16.5. The van der Waals surface area contributed by atoms with Crippen LogP contribution in [0.4, 0.5) is 17.5 Å². The van der Waals surface area contributed by atoms with Crippen LogP contribution in [0.15, 0.2) is 24.5 Å². The van der Waals surface area contributed by atoms with E-state index in [9.17, 15) is 0 Å². The number of fused-ring (bicyclic) bond motifs is 1. The van der Waals surface area contributed by atoms with E-state index < -0.39 is 0 Å². The number of nitriles is 1. The maximum atomic E-state index is 8.89. The lowest BCUT2D eigenvalue weighted by molar-refractivity contribution is 0.0210. The average Bonchev–Trinajstić information content (AvgIpc) is 2.96. The molecule has 0 unspecified atom stereocenters. The number of ether oxygens (including phenoxy) is 1. The molecule has 9 heteroatoms. The fraction of sp³-hybridized carbons (Fsp3) is 0.312. The first kappa shape index (κ1) is 15.3. The van der Waals surface area contributed by atoms with E-state index in [1.807, 2.05) is 25.4 Å². The predicted molar refractivity (Wildman–Crippen MR) is 91.4 cm³/mol. The Labute approximate surface area is 143 Å². The second-order valence-corrected chi connectivity index (χ2v) is 5.81. The van der Waals surface area contributed by atoms with Crippen molar-refractivity contribution in [2.24, 2.45) is 7.05 Å². The van der Waals surface area contributed by atoms with Gasteiger partial charge in [0.2, 0.25) is 5.95 Å². The highest BCUT2D eigenvalue weighted by Crippen LogP contribution is 2.24. The summed E-state index contributed by atoms with van der Waals surface area (Å²) in [5.41, 5.74) is 2.84. The topological polar surface area (TPSA) is 114 Å². The van der Waals surface area contributed by atoms with Gasteiger partial charge in [-0.2, -0.15) is 15.3 Å². The molecular weight excluding hydrogens is 320 g/mol. The van der Waals surface area contributed by atoms with Gasteiger partial charge in [-0.15, -0.1) is 0 Å². The zero-order valence-corrected chi connectivity index (χ0v) is 13.6. The van der Waals surface area contributed by atoms with E-state index in [-0.39, 0.29) is 12.5 Å². The first-order valence-corrected chi connectivity index (χ1v) is 7.86. The predicted octanol–water partition coefficient (Wildman–Crippen LogP) is 1.38. The molecule has 126 valence electrons. The molecule has 4 rings (SSSR count). The van der Waals surface area contributed by atoms with Crippen molar-refractivity contribution in [1.82, 2.24) is 24.7 Å². The van der Waals surface area contributed by atoms with Gasteiger partial charge in [0.1, 0.15) is 5.52 Å². The molecule has 0 amide bonds. The monoisotopic (exact) mass is 336 g/mol. The van der Waals surface area contributed by atoms with Crippen molar-refractivity contribution in [3.05, 3.63) is 30.2 Å². The highest BCUT2D eigenvalue weighted by molar-refractivity contribution is 5.87. The fourth-order valence-electron chi connectivity index (χ4n) is 2.52. The number of nitrogens with one attached hydrogen (secondary N) is 2. The Bertz CT molecular complexity index is 956. The van der Waals surface area contributed by atoms with Crippen LogP contribution < -0.4 is 10.6 Å². The van der Waals surface area contributed by atoms with Gasteiger partial charge in [-0.25, -0.2) is 9.97 Å². The number of hydrogen-bond acceptors (Lipinski definition) is 8. The van der Waals surface area contributed by atoms with Gasteiger partial charge in [-0.3, -0.25) is 4.68 Å². The normalized spacial score (nSPS) is 14.1. The molecule has 1 fully saturated rings. The molecule has 1 aliphatic heterocycles. The van der Waals surface area contributed by atoms with Gasteiger partial charge >= 0.3 is 0 Å². The van der Waals surface area contributed by atoms with E-state index >= 15 is 0 Å². The second-order valence-electron chi connectivity index (χ2n) is 5.81. The number of pyridine rings is 1. The summed E-state index contributed by atoms with van der Waals surface area (Å²) in [6.07, 6.45) is 3.79. The summed E-state index contributed by atoms with van der Waals surface area (Å²) in [6, 6.07) is 5.97. The fourth-order valence-corrected chi connectivity index (χ4v) is 2.52. The standard InChI is InChI=1S/C16H16N8O/c1-24-7-11(6-18-24)21-16-22-13-3-2-10(4-5-17)19-14(13)15(23-16)20-12-8-25-9-12/h2-3,6-7,12H,4,8-9H2,1H3,(H2,20,21,22,23). The highest BCUT2D eigenvalue weighted by Gasteiger charge is 2.21. The van der Waals surface area contributed by atoms with E-state index in [1.165, 1.54) is 0 Å². The molecule has 0 atom stereocenters. The van der Waals surface area contributed by atoms with Crippen LogP contribution in [-0.4, -0.2) is 44.0 Å². The van der Waals surface area contributed by atoms with Gasteiger partial charge in [0.25, 0.3) is 0 Å². The molecule has 0 aromatic carbocycles. The molecule has 3 aromatic heterocycles. The van der Waals surface area contributed by atoms with Gasteiger partial charge < -0.3 is 15.4 Å². The lowest BCUT2D eigenvalue weighted by Gasteiger charge is -2.27. The van der Waals surface area contributed by atoms with Gasteiger partial charge in [0, 0.05) is 13.2 Å². The minimum atomic E-state index is 0.200. The number of aryl methyl sites for hydroxylation is 1. The Morgan fingerprint density at radius 3 is 2.88 bits per heavy atom. The van der Waals surface area contributed by atoms with Gasteiger partial charge in [-0.05, 0) is 12.1 Å². The third-order valence-electron chi connectivity index (χ3n) is 3.80. The van der Waals surface area contributed by atoms with Crippen LogP contribution in [0.5, 0.6) is 0 Å². The molecule has 4 heterocycles. The molecule has 1 saturated heterocycles. The minimum Gasteiger partial charge on any atom is -0.377 e. The summed E-state index contributed by atoms with van der Waals surface area (Å²) in [6.45, 7) is 1.27. The molecule has 0 bridgehead atoms. The van der Waals surface area contributed by atoms with Gasteiger partial charge in [0.15, 0.2) is 5.82 Å². The number of rotatable bonds is 5. The Hall–Kier alpha value is -3.25. The van der Waals surface area contributed by atoms with Crippen molar-refractivity contribution < 1.29 is 4.74 Å². The molecule has 25 heavy (non-hydrogen) atoms. The van der Waals surface area contributed by atoms with E-state index in [2.05, 4.69) is 36.8 Å². The molecule has 0 aliphatic carbocycles. The Balaban J connectivity index is 1.73. The SMILES string of the molecule is Cn1cc(Nc2nc(NC3COC3)c3nc(CC#N)ccc3n2)cn1. The lowest BCUT2D eigenvalue weighted by atomic mass is 10.2. The molecular formula is C16H16N8O. The quantitative estimate of drug-likeness (QED) is 0.718. The van der Waals surface area contributed by atoms with E-state index in [0.29, 0.717) is 41.7 Å². The number of hydrogen-bond donors (Lipinski definition) is 2. The number of anilines is 3. The zero-order valence-electron chi connectivity index (χ0n) is 13.6. The average molecular weight is 336 g/mol. The molecule has 2 N–H and O–H groups in total. The largest absolute Gasteiger partial charge is 0.377 e. The summed E-state index contributed by atoms with van der Waals surface area (Å²) >= 11 is 0. The van der Waals surface area contributed by atoms with Gasteiger partial charge in [0.05, 0.1) is 54.8 Å². The van der Waals surface area contributed by atoms with Crippen molar-refractivity contribution in [2.75, 3.05) is 23.8 Å². The maximum absolute atomic E-state index is 8.89. The second kappa shape index (κ2) is 6.33. The van der Waals surface area contributed by atoms with Crippen LogP contribution in [-0.2, 0) is 18.2 Å². The summed E-state index contributed by atoms with van der Waals surface area (Å²) in [5.74, 6) is 1.09. The summed E-state index contributed by atoms with van der Waals surface area (Å²) in [4.78, 5) is 13.6. The van der Waals surface area contributed by atoms with Crippen molar-refractivity contribution in [1.29, 1.82) is 5.26 Å². The van der Waals surface area contributed by atoms with Crippen molar-refractivity contribution in [3.8, 4) is 6.07 Å². The van der Waals surface area contributed by atoms with E-state index in [0.717, 1.165) is 5.69 Å². The molecule has 0 spiro atoms.